The highest BCUT2D eigenvalue weighted by Crippen LogP contribution is 2.34. The molecular formula is C26H30ClN7O. The molecule has 9 heteroatoms. The Morgan fingerprint density at radius 1 is 1.14 bits per heavy atom. The first-order valence-corrected chi connectivity index (χ1v) is 11.7. The SMILES string of the molecule is CC(=O)Nc1cc(Nc2ncc(Cl)c(-c3c[nH]c4c(C)cccc34)n2)ccc1N(C)CCN(C)C. The Labute approximate surface area is 210 Å². The number of aryl methyl sites for hydroxylation is 1. The molecule has 0 fully saturated rings. The predicted octanol–water partition coefficient (Wildman–Crippen LogP) is 5.29. The number of H-pyrrole nitrogens is 1. The number of hydrogen-bond acceptors (Lipinski definition) is 6. The van der Waals surface area contributed by atoms with Crippen molar-refractivity contribution < 1.29 is 4.79 Å². The van der Waals surface area contributed by atoms with Crippen molar-refractivity contribution in [3.05, 3.63) is 59.4 Å². The van der Waals surface area contributed by atoms with E-state index in [4.69, 9.17) is 16.6 Å². The number of carbonyl (C=O) groups excluding carboxylic acids is 1. The molecule has 8 nitrogen and oxygen atoms in total. The molecule has 182 valence electrons. The summed E-state index contributed by atoms with van der Waals surface area (Å²) in [6.45, 7) is 5.28. The number of para-hydroxylation sites is 1. The van der Waals surface area contributed by atoms with Crippen LogP contribution in [-0.2, 0) is 4.79 Å². The number of rotatable bonds is 8. The molecule has 0 saturated carbocycles. The Bertz CT molecular complexity index is 1370. The second-order valence-electron chi connectivity index (χ2n) is 8.85. The molecule has 35 heavy (non-hydrogen) atoms. The van der Waals surface area contributed by atoms with E-state index >= 15 is 0 Å². The molecule has 0 aliphatic rings. The standard InChI is InChI=1S/C26H30ClN7O/c1-16-7-6-8-19-20(14-28-24(16)19)25-21(27)15-29-26(32-25)31-18-9-10-23(22(13-18)30-17(2)35)34(5)12-11-33(3)4/h6-10,13-15,28H,11-12H2,1-5H3,(H,30,35)(H,29,31,32). The van der Waals surface area contributed by atoms with Gasteiger partial charge in [-0.05, 0) is 44.8 Å². The lowest BCUT2D eigenvalue weighted by Gasteiger charge is -2.24. The second-order valence-corrected chi connectivity index (χ2v) is 9.26. The number of anilines is 4. The number of aromatic amines is 1. The van der Waals surface area contributed by atoms with Gasteiger partial charge in [-0.1, -0.05) is 29.8 Å². The van der Waals surface area contributed by atoms with Crippen LogP contribution in [0, 0.1) is 6.92 Å². The van der Waals surface area contributed by atoms with E-state index < -0.39 is 0 Å². The Balaban J connectivity index is 1.65. The van der Waals surface area contributed by atoms with Crippen molar-refractivity contribution >= 4 is 51.4 Å². The van der Waals surface area contributed by atoms with Crippen LogP contribution in [0.4, 0.5) is 23.0 Å². The van der Waals surface area contributed by atoms with E-state index in [2.05, 4.69) is 43.4 Å². The predicted molar refractivity (Wildman–Crippen MR) is 145 cm³/mol. The molecule has 4 aromatic rings. The van der Waals surface area contributed by atoms with E-state index in [1.165, 1.54) is 6.92 Å². The van der Waals surface area contributed by atoms with Gasteiger partial charge in [0.05, 0.1) is 28.3 Å². The molecule has 0 unspecified atom stereocenters. The number of hydrogen-bond donors (Lipinski definition) is 3. The number of fused-ring (bicyclic) bond motifs is 1. The summed E-state index contributed by atoms with van der Waals surface area (Å²) in [7, 11) is 6.08. The van der Waals surface area contributed by atoms with E-state index in [0.717, 1.165) is 46.5 Å². The monoisotopic (exact) mass is 491 g/mol. The van der Waals surface area contributed by atoms with E-state index in [9.17, 15) is 4.79 Å². The zero-order valence-electron chi connectivity index (χ0n) is 20.6. The van der Waals surface area contributed by atoms with Crippen molar-refractivity contribution in [3.8, 4) is 11.3 Å². The fourth-order valence-electron chi connectivity index (χ4n) is 3.95. The van der Waals surface area contributed by atoms with Gasteiger partial charge in [0.1, 0.15) is 0 Å². The summed E-state index contributed by atoms with van der Waals surface area (Å²) in [6, 6.07) is 11.9. The molecule has 0 aliphatic heterocycles. The molecule has 4 rings (SSSR count). The Kier molecular flexibility index (Phi) is 7.23. The summed E-state index contributed by atoms with van der Waals surface area (Å²) in [5.41, 5.74) is 6.16. The van der Waals surface area contributed by atoms with Crippen LogP contribution in [0.5, 0.6) is 0 Å². The summed E-state index contributed by atoms with van der Waals surface area (Å²) in [6.07, 6.45) is 3.52. The fourth-order valence-corrected chi connectivity index (χ4v) is 4.15. The van der Waals surface area contributed by atoms with E-state index in [1.807, 2.05) is 57.7 Å². The third-order valence-electron chi connectivity index (χ3n) is 5.78. The molecular weight excluding hydrogens is 462 g/mol. The Morgan fingerprint density at radius 3 is 2.69 bits per heavy atom. The highest BCUT2D eigenvalue weighted by atomic mass is 35.5. The minimum absolute atomic E-state index is 0.135. The zero-order chi connectivity index (χ0) is 25.1. The molecule has 1 amide bonds. The van der Waals surface area contributed by atoms with E-state index in [0.29, 0.717) is 22.4 Å². The first kappa shape index (κ1) is 24.5. The maximum atomic E-state index is 11.9. The summed E-state index contributed by atoms with van der Waals surface area (Å²) in [5.74, 6) is 0.276. The van der Waals surface area contributed by atoms with Gasteiger partial charge in [-0.2, -0.15) is 0 Å². The average molecular weight is 492 g/mol. The smallest absolute Gasteiger partial charge is 0.227 e. The van der Waals surface area contributed by atoms with Gasteiger partial charge in [-0.15, -0.1) is 0 Å². The highest BCUT2D eigenvalue weighted by Gasteiger charge is 2.15. The first-order chi connectivity index (χ1) is 16.7. The second kappa shape index (κ2) is 10.3. The summed E-state index contributed by atoms with van der Waals surface area (Å²) in [5, 5.41) is 7.71. The van der Waals surface area contributed by atoms with Crippen LogP contribution < -0.4 is 15.5 Å². The fraction of sp³-hybridized carbons (Fsp3) is 0.269. The largest absolute Gasteiger partial charge is 0.372 e. The van der Waals surface area contributed by atoms with Crippen LogP contribution >= 0.6 is 11.6 Å². The van der Waals surface area contributed by atoms with Gasteiger partial charge in [0.15, 0.2) is 0 Å². The van der Waals surface area contributed by atoms with Crippen LogP contribution in [-0.4, -0.2) is 60.0 Å². The average Bonchev–Trinajstić information content (AvgIpc) is 3.24. The summed E-state index contributed by atoms with van der Waals surface area (Å²) < 4.78 is 0. The van der Waals surface area contributed by atoms with E-state index in [-0.39, 0.29) is 5.91 Å². The molecule has 0 atom stereocenters. The van der Waals surface area contributed by atoms with E-state index in [1.54, 1.807) is 6.20 Å². The van der Waals surface area contributed by atoms with Crippen LogP contribution in [0.2, 0.25) is 5.02 Å². The molecule has 2 heterocycles. The van der Waals surface area contributed by atoms with Gasteiger partial charge < -0.3 is 25.4 Å². The summed E-state index contributed by atoms with van der Waals surface area (Å²) in [4.78, 5) is 28.5. The van der Waals surface area contributed by atoms with Crippen LogP contribution in [0.15, 0.2) is 48.8 Å². The molecule has 0 bridgehead atoms. The highest BCUT2D eigenvalue weighted by molar-refractivity contribution is 6.33. The van der Waals surface area contributed by atoms with Gasteiger partial charge in [0.25, 0.3) is 0 Å². The van der Waals surface area contributed by atoms with Crippen LogP contribution in [0.1, 0.15) is 12.5 Å². The number of nitrogens with one attached hydrogen (secondary N) is 3. The van der Waals surface area contributed by atoms with Crippen molar-refractivity contribution in [2.45, 2.75) is 13.8 Å². The molecule has 2 aromatic heterocycles. The van der Waals surface area contributed by atoms with Crippen LogP contribution in [0.25, 0.3) is 22.2 Å². The lowest BCUT2D eigenvalue weighted by Crippen LogP contribution is -2.29. The molecule has 0 aliphatic carbocycles. The molecule has 0 spiro atoms. The van der Waals surface area contributed by atoms with Crippen molar-refractivity contribution in [1.82, 2.24) is 19.9 Å². The number of halogens is 1. The topological polar surface area (TPSA) is 89.2 Å². The zero-order valence-corrected chi connectivity index (χ0v) is 21.4. The minimum atomic E-state index is -0.135. The van der Waals surface area contributed by atoms with Crippen LogP contribution in [0.3, 0.4) is 0 Å². The van der Waals surface area contributed by atoms with Crippen molar-refractivity contribution in [3.63, 3.8) is 0 Å². The number of carbonyl (C=O) groups is 1. The Morgan fingerprint density at radius 2 is 1.94 bits per heavy atom. The normalized spacial score (nSPS) is 11.2. The van der Waals surface area contributed by atoms with Crippen molar-refractivity contribution in [1.29, 1.82) is 0 Å². The lowest BCUT2D eigenvalue weighted by atomic mass is 10.1. The number of likely N-dealkylation sites (N-methyl/N-ethyl adjacent to an activating group) is 2. The quantitative estimate of drug-likeness (QED) is 0.310. The summed E-state index contributed by atoms with van der Waals surface area (Å²) >= 11 is 6.50. The molecule has 2 aromatic carbocycles. The molecule has 0 saturated heterocycles. The first-order valence-electron chi connectivity index (χ1n) is 11.4. The number of aromatic nitrogens is 3. The van der Waals surface area contributed by atoms with Gasteiger partial charge in [-0.3, -0.25) is 4.79 Å². The molecule has 3 N–H and O–H groups in total. The van der Waals surface area contributed by atoms with Gasteiger partial charge in [0.2, 0.25) is 11.9 Å². The number of nitrogens with zero attached hydrogens (tertiary/aromatic N) is 4. The van der Waals surface area contributed by atoms with Crippen molar-refractivity contribution in [2.75, 3.05) is 49.8 Å². The third kappa shape index (κ3) is 5.55. The van der Waals surface area contributed by atoms with Crippen molar-refractivity contribution in [2.24, 2.45) is 0 Å². The minimum Gasteiger partial charge on any atom is -0.372 e. The van der Waals surface area contributed by atoms with Gasteiger partial charge in [0, 0.05) is 55.4 Å². The number of benzene rings is 2. The Hall–Kier alpha value is -3.62. The maximum absolute atomic E-state index is 11.9. The van der Waals surface area contributed by atoms with Gasteiger partial charge >= 0.3 is 0 Å². The van der Waals surface area contributed by atoms with Gasteiger partial charge in [-0.25, -0.2) is 9.97 Å². The lowest BCUT2D eigenvalue weighted by molar-refractivity contribution is -0.114. The third-order valence-corrected chi connectivity index (χ3v) is 6.06. The maximum Gasteiger partial charge on any atom is 0.227 e. The molecule has 0 radical (unpaired) electrons. The number of amides is 1.